The Morgan fingerprint density at radius 2 is 1.92 bits per heavy atom. The lowest BCUT2D eigenvalue weighted by atomic mass is 10.3. The summed E-state index contributed by atoms with van der Waals surface area (Å²) < 4.78 is 39.6. The zero-order chi connectivity index (χ0) is 17.6. The number of nitrogens with one attached hydrogen (secondary N) is 1. The average molecular weight is 347 g/mol. The molecule has 0 atom stereocenters. The van der Waals surface area contributed by atoms with Gasteiger partial charge in [0, 0.05) is 7.05 Å². The summed E-state index contributed by atoms with van der Waals surface area (Å²) in [6.45, 7) is 0.358. The van der Waals surface area contributed by atoms with Crippen molar-refractivity contribution in [2.24, 2.45) is 0 Å². The quantitative estimate of drug-likeness (QED) is 0.617. The van der Waals surface area contributed by atoms with Crippen LogP contribution >= 0.6 is 0 Å². The maximum atomic E-state index is 13.0. The highest BCUT2D eigenvalue weighted by Crippen LogP contribution is 2.28. The van der Waals surface area contributed by atoms with Crippen LogP contribution in [0.5, 0.6) is 0 Å². The highest BCUT2D eigenvalue weighted by Gasteiger charge is 2.37. The predicted molar refractivity (Wildman–Crippen MR) is 84.0 cm³/mol. The minimum Gasteiger partial charge on any atom is -0.351 e. The first-order chi connectivity index (χ1) is 11.9. The largest absolute Gasteiger partial charge is 0.453 e. The molecule has 0 radical (unpaired) electrons. The van der Waals surface area contributed by atoms with E-state index in [1.165, 1.54) is 6.07 Å². The number of fused-ring (bicyclic) bond motifs is 2. The minimum absolute atomic E-state index is 0.0354. The molecule has 4 rings (SSSR count). The molecule has 3 heterocycles. The second-order valence-corrected chi connectivity index (χ2v) is 5.54. The summed E-state index contributed by atoms with van der Waals surface area (Å²) in [7, 11) is 1.72. The van der Waals surface area contributed by atoms with E-state index in [1.54, 1.807) is 18.0 Å². The van der Waals surface area contributed by atoms with Crippen molar-refractivity contribution in [3.8, 4) is 0 Å². The Morgan fingerprint density at radius 3 is 2.68 bits per heavy atom. The van der Waals surface area contributed by atoms with Gasteiger partial charge >= 0.3 is 6.18 Å². The monoisotopic (exact) mass is 347 g/mol. The van der Waals surface area contributed by atoms with Gasteiger partial charge in [-0.25, -0.2) is 4.98 Å². The van der Waals surface area contributed by atoms with Gasteiger partial charge in [0.05, 0.1) is 17.6 Å². The van der Waals surface area contributed by atoms with E-state index in [2.05, 4.69) is 25.3 Å². The van der Waals surface area contributed by atoms with E-state index < -0.39 is 12.0 Å². The summed E-state index contributed by atoms with van der Waals surface area (Å²) in [6.07, 6.45) is -4.62. The lowest BCUT2D eigenvalue weighted by Crippen LogP contribution is -2.20. The second-order valence-electron chi connectivity index (χ2n) is 5.54. The third-order valence-corrected chi connectivity index (χ3v) is 3.72. The number of benzene rings is 1. The van der Waals surface area contributed by atoms with E-state index in [-0.39, 0.29) is 5.65 Å². The van der Waals surface area contributed by atoms with Gasteiger partial charge in [-0.3, -0.25) is 0 Å². The Morgan fingerprint density at radius 1 is 1.12 bits per heavy atom. The van der Waals surface area contributed by atoms with Crippen molar-refractivity contribution in [3.05, 3.63) is 48.0 Å². The van der Waals surface area contributed by atoms with Crippen LogP contribution in [0.25, 0.3) is 16.7 Å². The first kappa shape index (κ1) is 15.4. The fourth-order valence-electron chi connectivity index (χ4n) is 2.55. The molecule has 0 amide bonds. The predicted octanol–water partition coefficient (Wildman–Crippen LogP) is 2.66. The number of hydrogen-bond donors (Lipinski definition) is 1. The summed E-state index contributed by atoms with van der Waals surface area (Å²) >= 11 is 0. The van der Waals surface area contributed by atoms with Crippen molar-refractivity contribution in [2.45, 2.75) is 12.7 Å². The number of hydrogen-bond acceptors (Lipinski definition) is 5. The summed E-state index contributed by atoms with van der Waals surface area (Å²) in [5, 5.41) is 10.7. The maximum Gasteiger partial charge on any atom is 0.453 e. The van der Waals surface area contributed by atoms with Crippen molar-refractivity contribution < 1.29 is 13.2 Å². The molecule has 3 aromatic heterocycles. The van der Waals surface area contributed by atoms with Gasteiger partial charge in [-0.05, 0) is 24.3 Å². The van der Waals surface area contributed by atoms with Gasteiger partial charge in [-0.2, -0.15) is 17.7 Å². The molecule has 0 saturated heterocycles. The fourth-order valence-corrected chi connectivity index (χ4v) is 2.55. The molecule has 25 heavy (non-hydrogen) atoms. The van der Waals surface area contributed by atoms with Gasteiger partial charge in [0.2, 0.25) is 0 Å². The van der Waals surface area contributed by atoms with Crippen LogP contribution in [0.2, 0.25) is 0 Å². The second kappa shape index (κ2) is 5.43. The van der Waals surface area contributed by atoms with E-state index in [0.717, 1.165) is 11.0 Å². The van der Waals surface area contributed by atoms with Crippen LogP contribution in [0.1, 0.15) is 11.6 Å². The number of alkyl halides is 3. The first-order valence-electron chi connectivity index (χ1n) is 7.36. The molecule has 0 saturated carbocycles. The first-order valence-corrected chi connectivity index (χ1v) is 7.36. The molecule has 0 aliphatic rings. The van der Waals surface area contributed by atoms with E-state index in [4.69, 9.17) is 0 Å². The third kappa shape index (κ3) is 2.75. The van der Waals surface area contributed by atoms with Crippen molar-refractivity contribution in [2.75, 3.05) is 11.9 Å². The van der Waals surface area contributed by atoms with E-state index in [0.29, 0.717) is 22.7 Å². The van der Waals surface area contributed by atoms with Crippen LogP contribution in [0, 0.1) is 0 Å². The molecule has 7 nitrogen and oxygen atoms in total. The number of aromatic nitrogens is 6. The average Bonchev–Trinajstić information content (AvgIpc) is 3.16. The van der Waals surface area contributed by atoms with Crippen LogP contribution in [0.4, 0.5) is 19.0 Å². The molecule has 0 unspecified atom stereocenters. The van der Waals surface area contributed by atoms with E-state index in [9.17, 15) is 13.2 Å². The van der Waals surface area contributed by atoms with Crippen molar-refractivity contribution in [3.63, 3.8) is 0 Å². The van der Waals surface area contributed by atoms with E-state index in [1.807, 2.05) is 24.3 Å². The Labute approximate surface area is 139 Å². The van der Waals surface area contributed by atoms with Crippen molar-refractivity contribution in [1.82, 2.24) is 29.8 Å². The number of anilines is 1. The maximum absolute atomic E-state index is 13.0. The number of para-hydroxylation sites is 2. The Bertz CT molecular complexity index is 1020. The minimum atomic E-state index is -4.62. The molecule has 0 aliphatic carbocycles. The Hall–Kier alpha value is -3.17. The van der Waals surface area contributed by atoms with Gasteiger partial charge in [-0.15, -0.1) is 15.3 Å². The highest BCUT2D eigenvalue weighted by atomic mass is 19.4. The topological polar surface area (TPSA) is 75.0 Å². The van der Waals surface area contributed by atoms with Gasteiger partial charge in [0.25, 0.3) is 5.82 Å². The van der Waals surface area contributed by atoms with Gasteiger partial charge in [0.15, 0.2) is 5.65 Å². The summed E-state index contributed by atoms with van der Waals surface area (Å²) in [6, 6.07) is 10.6. The smallest absolute Gasteiger partial charge is 0.351 e. The fraction of sp³-hybridized carbons (Fsp3) is 0.200. The van der Waals surface area contributed by atoms with Gasteiger partial charge < -0.3 is 9.88 Å². The molecule has 1 aromatic carbocycles. The number of nitrogens with zero attached hydrogens (tertiary/aromatic N) is 6. The Kier molecular flexibility index (Phi) is 3.34. The van der Waals surface area contributed by atoms with E-state index >= 15 is 0 Å². The Balaban J connectivity index is 1.66. The lowest BCUT2D eigenvalue weighted by molar-refractivity contribution is -0.146. The van der Waals surface area contributed by atoms with Crippen LogP contribution in [0.3, 0.4) is 0 Å². The molecule has 0 aliphatic heterocycles. The van der Waals surface area contributed by atoms with Gasteiger partial charge in [-0.1, -0.05) is 12.1 Å². The normalized spacial score (nSPS) is 12.2. The molecule has 0 fully saturated rings. The van der Waals surface area contributed by atoms with Crippen molar-refractivity contribution >= 4 is 22.5 Å². The number of halogens is 3. The summed E-state index contributed by atoms with van der Waals surface area (Å²) in [5.41, 5.74) is 1.76. The van der Waals surface area contributed by atoms with Crippen LogP contribution in [0.15, 0.2) is 36.4 Å². The molecule has 0 spiro atoms. The zero-order valence-corrected chi connectivity index (χ0v) is 13.0. The van der Waals surface area contributed by atoms with Crippen LogP contribution < -0.4 is 4.90 Å². The zero-order valence-electron chi connectivity index (χ0n) is 13.0. The SMILES string of the molecule is CN(Cc1nc2ccccc2[nH]1)c1ccc2nnc(C(F)(F)F)n2n1. The van der Waals surface area contributed by atoms with Crippen LogP contribution in [-0.2, 0) is 12.7 Å². The molecule has 10 heteroatoms. The number of H-pyrrole nitrogens is 1. The number of imidazole rings is 1. The molecule has 1 N–H and O–H groups in total. The standard InChI is InChI=1S/C15H12F3N7/c1-24(8-11-19-9-4-2-3-5-10(9)20-11)13-7-6-12-21-22-14(15(16,17)18)25(12)23-13/h2-7H,8H2,1H3,(H,19,20). The molecular weight excluding hydrogens is 335 g/mol. The van der Waals surface area contributed by atoms with Crippen LogP contribution in [-0.4, -0.2) is 36.8 Å². The summed E-state index contributed by atoms with van der Waals surface area (Å²) in [4.78, 5) is 9.31. The van der Waals surface area contributed by atoms with Crippen molar-refractivity contribution in [1.29, 1.82) is 0 Å². The molecule has 128 valence electrons. The number of aromatic amines is 1. The molecule has 4 aromatic rings. The van der Waals surface area contributed by atoms with Gasteiger partial charge in [0.1, 0.15) is 11.6 Å². The third-order valence-electron chi connectivity index (χ3n) is 3.72. The molecule has 0 bridgehead atoms. The number of rotatable bonds is 3. The molecular formula is C15H12F3N7. The highest BCUT2D eigenvalue weighted by molar-refractivity contribution is 5.74. The lowest BCUT2D eigenvalue weighted by Gasteiger charge is -2.16. The summed E-state index contributed by atoms with van der Waals surface area (Å²) in [5.74, 6) is -0.120.